The van der Waals surface area contributed by atoms with Crippen LogP contribution in [0.5, 0.6) is 0 Å². The van der Waals surface area contributed by atoms with Crippen molar-refractivity contribution >= 4 is 5.91 Å². The molecule has 1 atom stereocenters. The van der Waals surface area contributed by atoms with Gasteiger partial charge in [-0.1, -0.05) is 31.9 Å². The van der Waals surface area contributed by atoms with E-state index in [9.17, 15) is 4.79 Å². The zero-order valence-corrected chi connectivity index (χ0v) is 11.2. The fourth-order valence-corrected chi connectivity index (χ4v) is 2.33. The first kappa shape index (κ1) is 12.9. The van der Waals surface area contributed by atoms with E-state index in [1.807, 2.05) is 22.6 Å². The first-order chi connectivity index (χ1) is 8.72. The molecule has 0 spiro atoms. The second-order valence-corrected chi connectivity index (χ2v) is 4.79. The number of unbranched alkanes of at least 4 members (excludes halogenated alkanes) is 1. The standard InChI is InChI=1S/C14H21N3O/c1-3-4-6-13-7-5-9-17(13)14(18)11-16-10-8-15-12(16)2/h5,7-8,10,13H,3-4,6,9,11H2,1-2H3. The zero-order chi connectivity index (χ0) is 13.0. The molecule has 0 aliphatic carbocycles. The van der Waals surface area contributed by atoms with Crippen LogP contribution in [-0.2, 0) is 11.3 Å². The number of carbonyl (C=O) groups is 1. The molecule has 1 aromatic rings. The van der Waals surface area contributed by atoms with E-state index >= 15 is 0 Å². The summed E-state index contributed by atoms with van der Waals surface area (Å²) in [4.78, 5) is 18.4. The molecule has 1 aromatic heterocycles. The number of nitrogens with zero attached hydrogens (tertiary/aromatic N) is 3. The monoisotopic (exact) mass is 247 g/mol. The van der Waals surface area contributed by atoms with Gasteiger partial charge in [0.1, 0.15) is 12.4 Å². The summed E-state index contributed by atoms with van der Waals surface area (Å²) in [5.41, 5.74) is 0. The third-order valence-electron chi connectivity index (χ3n) is 3.46. The molecule has 0 fully saturated rings. The number of hydrogen-bond donors (Lipinski definition) is 0. The van der Waals surface area contributed by atoms with Crippen molar-refractivity contribution < 1.29 is 4.79 Å². The lowest BCUT2D eigenvalue weighted by molar-refractivity contribution is -0.132. The van der Waals surface area contributed by atoms with Crippen LogP contribution in [0.15, 0.2) is 24.5 Å². The van der Waals surface area contributed by atoms with Crippen molar-refractivity contribution in [1.82, 2.24) is 14.5 Å². The van der Waals surface area contributed by atoms with Gasteiger partial charge in [0.25, 0.3) is 0 Å². The summed E-state index contributed by atoms with van der Waals surface area (Å²) in [7, 11) is 0. The van der Waals surface area contributed by atoms with Gasteiger partial charge in [-0.15, -0.1) is 0 Å². The Balaban J connectivity index is 1.94. The molecular formula is C14H21N3O. The lowest BCUT2D eigenvalue weighted by atomic mass is 10.1. The lowest BCUT2D eigenvalue weighted by Crippen LogP contribution is -2.38. The van der Waals surface area contributed by atoms with Gasteiger partial charge in [-0.25, -0.2) is 4.98 Å². The Bertz CT molecular complexity index is 436. The Morgan fingerprint density at radius 3 is 3.06 bits per heavy atom. The Labute approximate surface area is 108 Å². The predicted octanol–water partition coefficient (Wildman–Crippen LogP) is 2.15. The number of carbonyl (C=O) groups excluding carboxylic acids is 1. The van der Waals surface area contributed by atoms with Crippen LogP contribution in [0.1, 0.15) is 32.0 Å². The van der Waals surface area contributed by atoms with Gasteiger partial charge in [0.05, 0.1) is 6.04 Å². The highest BCUT2D eigenvalue weighted by Crippen LogP contribution is 2.16. The summed E-state index contributed by atoms with van der Waals surface area (Å²) in [6.45, 7) is 5.25. The second-order valence-electron chi connectivity index (χ2n) is 4.79. The molecular weight excluding hydrogens is 226 g/mol. The van der Waals surface area contributed by atoms with Gasteiger partial charge >= 0.3 is 0 Å². The molecule has 1 amide bonds. The maximum absolute atomic E-state index is 12.3. The minimum Gasteiger partial charge on any atom is -0.331 e. The van der Waals surface area contributed by atoms with Gasteiger partial charge < -0.3 is 9.47 Å². The molecule has 0 saturated heterocycles. The Morgan fingerprint density at radius 1 is 1.56 bits per heavy atom. The molecule has 0 radical (unpaired) electrons. The number of rotatable bonds is 5. The number of aromatic nitrogens is 2. The summed E-state index contributed by atoms with van der Waals surface area (Å²) >= 11 is 0. The third kappa shape index (κ3) is 2.81. The van der Waals surface area contributed by atoms with Crippen LogP contribution in [0.25, 0.3) is 0 Å². The summed E-state index contributed by atoms with van der Waals surface area (Å²) < 4.78 is 1.90. The molecule has 4 nitrogen and oxygen atoms in total. The number of amides is 1. The van der Waals surface area contributed by atoms with E-state index in [4.69, 9.17) is 0 Å². The average Bonchev–Trinajstić information content (AvgIpc) is 2.96. The van der Waals surface area contributed by atoms with Crippen molar-refractivity contribution in [3.63, 3.8) is 0 Å². The molecule has 1 aliphatic rings. The molecule has 0 aromatic carbocycles. The third-order valence-corrected chi connectivity index (χ3v) is 3.46. The molecule has 0 saturated carbocycles. The maximum atomic E-state index is 12.3. The Kier molecular flexibility index (Phi) is 4.18. The van der Waals surface area contributed by atoms with Gasteiger partial charge in [-0.05, 0) is 13.3 Å². The van der Waals surface area contributed by atoms with Gasteiger partial charge in [-0.3, -0.25) is 4.79 Å². The smallest absolute Gasteiger partial charge is 0.243 e. The highest BCUT2D eigenvalue weighted by atomic mass is 16.2. The van der Waals surface area contributed by atoms with Crippen molar-refractivity contribution in [3.05, 3.63) is 30.4 Å². The molecule has 2 heterocycles. The molecule has 1 unspecified atom stereocenters. The van der Waals surface area contributed by atoms with E-state index in [0.29, 0.717) is 12.6 Å². The van der Waals surface area contributed by atoms with E-state index in [1.165, 1.54) is 12.8 Å². The molecule has 0 bridgehead atoms. The summed E-state index contributed by atoms with van der Waals surface area (Å²) in [6, 6.07) is 0.293. The zero-order valence-electron chi connectivity index (χ0n) is 11.2. The quantitative estimate of drug-likeness (QED) is 0.748. The molecule has 1 aliphatic heterocycles. The van der Waals surface area contributed by atoms with Crippen molar-refractivity contribution in [1.29, 1.82) is 0 Å². The van der Waals surface area contributed by atoms with Crippen LogP contribution < -0.4 is 0 Å². The topological polar surface area (TPSA) is 38.1 Å². The first-order valence-electron chi connectivity index (χ1n) is 6.66. The molecule has 4 heteroatoms. The van der Waals surface area contributed by atoms with E-state index in [2.05, 4.69) is 24.1 Å². The normalized spacial score (nSPS) is 18.6. The summed E-state index contributed by atoms with van der Waals surface area (Å²) in [5, 5.41) is 0. The number of imidazole rings is 1. The van der Waals surface area contributed by atoms with E-state index < -0.39 is 0 Å². The van der Waals surface area contributed by atoms with Crippen LogP contribution in [0.3, 0.4) is 0 Å². The van der Waals surface area contributed by atoms with E-state index in [0.717, 1.165) is 18.8 Å². The van der Waals surface area contributed by atoms with Crippen molar-refractivity contribution in [2.24, 2.45) is 0 Å². The molecule has 2 rings (SSSR count). The highest BCUT2D eigenvalue weighted by molar-refractivity contribution is 5.77. The second kappa shape index (κ2) is 5.85. The van der Waals surface area contributed by atoms with Crippen molar-refractivity contribution in [3.8, 4) is 0 Å². The number of aryl methyl sites for hydroxylation is 1. The lowest BCUT2D eigenvalue weighted by Gasteiger charge is -2.25. The highest BCUT2D eigenvalue weighted by Gasteiger charge is 2.24. The van der Waals surface area contributed by atoms with Gasteiger partial charge in [0.2, 0.25) is 5.91 Å². The van der Waals surface area contributed by atoms with Crippen LogP contribution >= 0.6 is 0 Å². The molecule has 18 heavy (non-hydrogen) atoms. The molecule has 98 valence electrons. The SMILES string of the molecule is CCCCC1C=CCN1C(=O)Cn1ccnc1C. The average molecular weight is 247 g/mol. The Morgan fingerprint density at radius 2 is 2.39 bits per heavy atom. The fraction of sp³-hybridized carbons (Fsp3) is 0.571. The van der Waals surface area contributed by atoms with Gasteiger partial charge in [-0.2, -0.15) is 0 Å². The predicted molar refractivity (Wildman–Crippen MR) is 71.1 cm³/mol. The van der Waals surface area contributed by atoms with Crippen LogP contribution in [0.2, 0.25) is 0 Å². The number of hydrogen-bond acceptors (Lipinski definition) is 2. The minimum atomic E-state index is 0.183. The van der Waals surface area contributed by atoms with Crippen LogP contribution in [0, 0.1) is 6.92 Å². The summed E-state index contributed by atoms with van der Waals surface area (Å²) in [5.74, 6) is 1.07. The van der Waals surface area contributed by atoms with Crippen molar-refractivity contribution in [2.45, 2.75) is 45.7 Å². The molecule has 0 N–H and O–H groups in total. The van der Waals surface area contributed by atoms with E-state index in [-0.39, 0.29) is 5.91 Å². The minimum absolute atomic E-state index is 0.183. The summed E-state index contributed by atoms with van der Waals surface area (Å²) in [6.07, 6.45) is 11.3. The van der Waals surface area contributed by atoms with Gasteiger partial charge in [0.15, 0.2) is 0 Å². The first-order valence-corrected chi connectivity index (χ1v) is 6.66. The van der Waals surface area contributed by atoms with Gasteiger partial charge in [0, 0.05) is 18.9 Å². The Hall–Kier alpha value is -1.58. The fourth-order valence-electron chi connectivity index (χ4n) is 2.33. The van der Waals surface area contributed by atoms with Crippen LogP contribution in [-0.4, -0.2) is 32.9 Å². The largest absolute Gasteiger partial charge is 0.331 e. The van der Waals surface area contributed by atoms with E-state index in [1.54, 1.807) is 6.20 Å². The maximum Gasteiger partial charge on any atom is 0.243 e. The van der Waals surface area contributed by atoms with Crippen LogP contribution in [0.4, 0.5) is 0 Å². The van der Waals surface area contributed by atoms with Crippen molar-refractivity contribution in [2.75, 3.05) is 6.54 Å².